The van der Waals surface area contributed by atoms with Crippen molar-refractivity contribution in [2.75, 3.05) is 11.9 Å². The molecule has 6 nitrogen and oxygen atoms in total. The lowest BCUT2D eigenvalue weighted by atomic mass is 10.0. The Morgan fingerprint density at radius 3 is 2.76 bits per heavy atom. The molecule has 0 spiro atoms. The topological polar surface area (TPSA) is 70.4 Å². The Bertz CT molecular complexity index is 1450. The van der Waals surface area contributed by atoms with Crippen LogP contribution in [0.1, 0.15) is 35.5 Å². The highest BCUT2D eigenvalue weighted by Gasteiger charge is 2.41. The molecule has 37 heavy (non-hydrogen) atoms. The fourth-order valence-corrected chi connectivity index (χ4v) is 4.97. The monoisotopic (exact) mass is 534 g/mol. The number of furan rings is 1. The van der Waals surface area contributed by atoms with Crippen molar-refractivity contribution >= 4 is 40.5 Å². The van der Waals surface area contributed by atoms with Gasteiger partial charge in [0.25, 0.3) is 0 Å². The lowest BCUT2D eigenvalue weighted by Gasteiger charge is -2.25. The molecule has 0 radical (unpaired) electrons. The number of hydrogen-bond acceptors (Lipinski definition) is 4. The summed E-state index contributed by atoms with van der Waals surface area (Å²) < 4.78 is 20.3. The van der Waals surface area contributed by atoms with Gasteiger partial charge in [-0.15, -0.1) is 0 Å². The Balaban J connectivity index is 1.42. The van der Waals surface area contributed by atoms with E-state index in [4.69, 9.17) is 28.2 Å². The van der Waals surface area contributed by atoms with Crippen molar-refractivity contribution < 1.29 is 13.6 Å². The van der Waals surface area contributed by atoms with Gasteiger partial charge in [0.05, 0.1) is 17.4 Å². The molecule has 2 aromatic carbocycles. The van der Waals surface area contributed by atoms with Crippen LogP contribution in [0.2, 0.25) is 5.02 Å². The fourth-order valence-electron chi connectivity index (χ4n) is 4.47. The summed E-state index contributed by atoms with van der Waals surface area (Å²) in [4.78, 5) is 19.1. The number of pyridine rings is 1. The van der Waals surface area contributed by atoms with Gasteiger partial charge in [-0.25, -0.2) is 4.39 Å². The maximum absolute atomic E-state index is 14.0. The summed E-state index contributed by atoms with van der Waals surface area (Å²) >= 11 is 11.9. The number of halogens is 2. The molecule has 1 amide bonds. The highest BCUT2D eigenvalue weighted by atomic mass is 35.5. The summed E-state index contributed by atoms with van der Waals surface area (Å²) in [5.41, 5.74) is 2.88. The molecule has 2 aromatic heterocycles. The number of para-hydroxylation sites is 1. The van der Waals surface area contributed by atoms with E-state index < -0.39 is 5.82 Å². The summed E-state index contributed by atoms with van der Waals surface area (Å²) in [6, 6.07) is 20.6. The van der Waals surface area contributed by atoms with Crippen molar-refractivity contribution in [3.63, 3.8) is 0 Å². The number of anilines is 1. The number of aryl methyl sites for hydroxylation is 1. The van der Waals surface area contributed by atoms with Gasteiger partial charge in [-0.2, -0.15) is 0 Å². The molecule has 5 rings (SSSR count). The molecule has 1 aliphatic rings. The van der Waals surface area contributed by atoms with E-state index >= 15 is 0 Å². The summed E-state index contributed by atoms with van der Waals surface area (Å²) in [5, 5.41) is 7.08. The van der Waals surface area contributed by atoms with E-state index in [-0.39, 0.29) is 30.1 Å². The minimum atomic E-state index is -0.485. The zero-order valence-corrected chi connectivity index (χ0v) is 21.5. The van der Waals surface area contributed by atoms with Crippen LogP contribution >= 0.6 is 23.8 Å². The number of nitrogens with one attached hydrogen (secondary N) is 2. The average molecular weight is 535 g/mol. The normalized spacial score (nSPS) is 17.1. The van der Waals surface area contributed by atoms with Crippen LogP contribution in [0.5, 0.6) is 0 Å². The van der Waals surface area contributed by atoms with Crippen molar-refractivity contribution in [1.29, 1.82) is 0 Å². The summed E-state index contributed by atoms with van der Waals surface area (Å²) in [5.74, 6) is 0.557. The van der Waals surface area contributed by atoms with Crippen LogP contribution < -0.4 is 10.6 Å². The number of hydrogen-bond donors (Lipinski definition) is 2. The molecule has 1 fully saturated rings. The number of amides is 1. The quantitative estimate of drug-likeness (QED) is 0.266. The maximum Gasteiger partial charge on any atom is 0.226 e. The van der Waals surface area contributed by atoms with Gasteiger partial charge in [-0.05, 0) is 73.2 Å². The molecule has 2 N–H and O–H groups in total. The summed E-state index contributed by atoms with van der Waals surface area (Å²) in [7, 11) is 0. The van der Waals surface area contributed by atoms with Gasteiger partial charge >= 0.3 is 0 Å². The second-order valence-electron chi connectivity index (χ2n) is 8.76. The standard InChI is InChI=1S/C28H24ClFN4O2S/c1-17-9-10-18(29)16-19(17)23-11-12-24(36-23)27-26(22-8-4-5-14-31-22)33-28(37)34(27)15-13-25(35)32-21-7-3-2-6-20(21)30/h2-12,14,16,26-27H,13,15H2,1H3,(H,32,35)(H,33,37)/t26-,27+/m1/s1. The van der Waals surface area contributed by atoms with Gasteiger partial charge in [-0.3, -0.25) is 9.78 Å². The number of carbonyl (C=O) groups excluding carboxylic acids is 1. The smallest absolute Gasteiger partial charge is 0.226 e. The highest BCUT2D eigenvalue weighted by molar-refractivity contribution is 7.80. The average Bonchev–Trinajstić information content (AvgIpc) is 3.50. The van der Waals surface area contributed by atoms with E-state index in [0.29, 0.717) is 28.2 Å². The van der Waals surface area contributed by atoms with Crippen LogP contribution in [-0.4, -0.2) is 27.4 Å². The molecule has 4 aromatic rings. The molecule has 2 atom stereocenters. The molecule has 0 unspecified atom stereocenters. The number of rotatable bonds is 7. The Hall–Kier alpha value is -3.75. The number of benzene rings is 2. The molecule has 0 bridgehead atoms. The third-order valence-electron chi connectivity index (χ3n) is 6.31. The Labute approximate surface area is 224 Å². The molecule has 3 heterocycles. The first-order chi connectivity index (χ1) is 17.9. The summed E-state index contributed by atoms with van der Waals surface area (Å²) in [6.07, 6.45) is 1.83. The van der Waals surface area contributed by atoms with E-state index in [2.05, 4.69) is 15.6 Å². The predicted octanol–water partition coefficient (Wildman–Crippen LogP) is 6.44. The van der Waals surface area contributed by atoms with Crippen molar-refractivity contribution in [1.82, 2.24) is 15.2 Å². The molecular weight excluding hydrogens is 511 g/mol. The van der Waals surface area contributed by atoms with Crippen LogP contribution in [0, 0.1) is 12.7 Å². The van der Waals surface area contributed by atoms with Crippen LogP contribution in [0.4, 0.5) is 10.1 Å². The first kappa shape index (κ1) is 24.9. The van der Waals surface area contributed by atoms with E-state index in [1.807, 2.05) is 60.4 Å². The second kappa shape index (κ2) is 10.7. The SMILES string of the molecule is Cc1ccc(Cl)cc1-c1ccc([C@H]2[C@@H](c3ccccn3)NC(=S)N2CCC(=O)Nc2ccccc2F)o1. The number of thiocarbonyl (C=S) groups is 1. The lowest BCUT2D eigenvalue weighted by Crippen LogP contribution is -2.32. The Kier molecular flexibility index (Phi) is 7.21. The summed E-state index contributed by atoms with van der Waals surface area (Å²) in [6.45, 7) is 2.30. The largest absolute Gasteiger partial charge is 0.459 e. The Morgan fingerprint density at radius 1 is 1.16 bits per heavy atom. The number of carbonyl (C=O) groups is 1. The van der Waals surface area contributed by atoms with E-state index in [1.54, 1.807) is 18.3 Å². The van der Waals surface area contributed by atoms with E-state index in [0.717, 1.165) is 16.8 Å². The van der Waals surface area contributed by atoms with Gasteiger partial charge in [0.1, 0.15) is 23.4 Å². The third-order valence-corrected chi connectivity index (χ3v) is 6.90. The second-order valence-corrected chi connectivity index (χ2v) is 9.58. The highest BCUT2D eigenvalue weighted by Crippen LogP contribution is 2.41. The third kappa shape index (κ3) is 5.35. The minimum absolute atomic E-state index is 0.0998. The van der Waals surface area contributed by atoms with Gasteiger partial charge in [0.2, 0.25) is 5.91 Å². The van der Waals surface area contributed by atoms with Gasteiger partial charge < -0.3 is 20.0 Å². The van der Waals surface area contributed by atoms with Crippen molar-refractivity contribution in [3.05, 3.63) is 107 Å². The molecule has 0 aliphatic carbocycles. The molecule has 188 valence electrons. The zero-order chi connectivity index (χ0) is 25.9. The minimum Gasteiger partial charge on any atom is -0.459 e. The van der Waals surface area contributed by atoms with Crippen LogP contribution in [0.15, 0.2) is 83.4 Å². The van der Waals surface area contributed by atoms with E-state index in [1.165, 1.54) is 12.1 Å². The van der Waals surface area contributed by atoms with Crippen LogP contribution in [0.3, 0.4) is 0 Å². The first-order valence-corrected chi connectivity index (χ1v) is 12.6. The first-order valence-electron chi connectivity index (χ1n) is 11.8. The molecular formula is C28H24ClFN4O2S. The molecule has 9 heteroatoms. The predicted molar refractivity (Wildman–Crippen MR) is 146 cm³/mol. The van der Waals surface area contributed by atoms with Crippen molar-refractivity contribution in [3.8, 4) is 11.3 Å². The fraction of sp³-hybridized carbons (Fsp3) is 0.179. The zero-order valence-electron chi connectivity index (χ0n) is 19.9. The van der Waals surface area contributed by atoms with Crippen LogP contribution in [0.25, 0.3) is 11.3 Å². The molecule has 1 saturated heterocycles. The van der Waals surface area contributed by atoms with E-state index in [9.17, 15) is 9.18 Å². The maximum atomic E-state index is 14.0. The Morgan fingerprint density at radius 2 is 1.97 bits per heavy atom. The number of nitrogens with zero attached hydrogens (tertiary/aromatic N) is 2. The van der Waals surface area contributed by atoms with Gasteiger partial charge in [0.15, 0.2) is 5.11 Å². The molecule has 0 saturated carbocycles. The van der Waals surface area contributed by atoms with Crippen LogP contribution in [-0.2, 0) is 4.79 Å². The van der Waals surface area contributed by atoms with Gasteiger partial charge in [0, 0.05) is 29.7 Å². The molecule has 1 aliphatic heterocycles. The lowest BCUT2D eigenvalue weighted by molar-refractivity contribution is -0.116. The van der Waals surface area contributed by atoms with Crippen molar-refractivity contribution in [2.45, 2.75) is 25.4 Å². The van der Waals surface area contributed by atoms with Gasteiger partial charge in [-0.1, -0.05) is 35.9 Å². The number of aromatic nitrogens is 1. The van der Waals surface area contributed by atoms with Crippen molar-refractivity contribution in [2.24, 2.45) is 0 Å².